The second-order valence-corrected chi connectivity index (χ2v) is 5.16. The molecule has 1 nitrogen and oxygen atoms in total. The lowest BCUT2D eigenvalue weighted by Crippen LogP contribution is -2.08. The van der Waals surface area contributed by atoms with E-state index in [0.29, 0.717) is 22.9 Å². The normalized spacial score (nSPS) is 12.2. The summed E-state index contributed by atoms with van der Waals surface area (Å²) < 4.78 is 33.0. The largest absolute Gasteiger partial charge is 0.494 e. The van der Waals surface area contributed by atoms with Crippen molar-refractivity contribution in [1.29, 1.82) is 0 Å². The van der Waals surface area contributed by atoms with Crippen LogP contribution in [0.2, 0.25) is 0 Å². The Kier molecular flexibility index (Phi) is 5.12. The van der Waals surface area contributed by atoms with Gasteiger partial charge in [0.2, 0.25) is 0 Å². The molecule has 0 amide bonds. The lowest BCUT2D eigenvalue weighted by molar-refractivity contribution is 0.383. The minimum atomic E-state index is -0.378. The van der Waals surface area contributed by atoms with Crippen molar-refractivity contribution in [2.75, 3.05) is 12.4 Å². The second kappa shape index (κ2) is 6.84. The van der Waals surface area contributed by atoms with Gasteiger partial charge in [-0.2, -0.15) is 0 Å². The zero-order valence-electron chi connectivity index (χ0n) is 11.1. The molecule has 0 aliphatic heterocycles. The Labute approximate surface area is 125 Å². The summed E-state index contributed by atoms with van der Waals surface area (Å²) in [5.74, 6) is -0.556. The van der Waals surface area contributed by atoms with Crippen molar-refractivity contribution in [2.24, 2.45) is 0 Å². The summed E-state index contributed by atoms with van der Waals surface area (Å²) in [5.41, 5.74) is 1.11. The van der Waals surface area contributed by atoms with Crippen LogP contribution in [0.3, 0.4) is 0 Å². The van der Waals surface area contributed by atoms with Crippen LogP contribution in [0, 0.1) is 11.6 Å². The van der Waals surface area contributed by atoms with Crippen LogP contribution in [0.1, 0.15) is 17.0 Å². The number of hydrogen-bond acceptors (Lipinski definition) is 1. The lowest BCUT2D eigenvalue weighted by atomic mass is 9.93. The molecule has 0 saturated heterocycles. The molecule has 1 atom stereocenters. The van der Waals surface area contributed by atoms with Crippen LogP contribution in [0.25, 0.3) is 0 Å². The van der Waals surface area contributed by atoms with E-state index >= 15 is 0 Å². The molecule has 0 bridgehead atoms. The van der Waals surface area contributed by atoms with Gasteiger partial charge < -0.3 is 4.74 Å². The van der Waals surface area contributed by atoms with Crippen LogP contribution >= 0.6 is 15.9 Å². The van der Waals surface area contributed by atoms with E-state index in [9.17, 15) is 8.78 Å². The summed E-state index contributed by atoms with van der Waals surface area (Å²) in [7, 11) is 1.43. The molecule has 0 aliphatic carbocycles. The van der Waals surface area contributed by atoms with E-state index in [2.05, 4.69) is 15.9 Å². The van der Waals surface area contributed by atoms with E-state index in [0.717, 1.165) is 0 Å². The second-order valence-electron chi connectivity index (χ2n) is 4.51. The predicted molar refractivity (Wildman–Crippen MR) is 79.6 cm³/mol. The van der Waals surface area contributed by atoms with Gasteiger partial charge in [-0.3, -0.25) is 0 Å². The first-order chi connectivity index (χ1) is 9.67. The molecule has 2 aromatic carbocycles. The maximum atomic E-state index is 14.2. The average molecular weight is 341 g/mol. The fourth-order valence-corrected chi connectivity index (χ4v) is 2.77. The van der Waals surface area contributed by atoms with Crippen LogP contribution in [0.5, 0.6) is 5.75 Å². The molecule has 0 aromatic heterocycles. The number of hydrogen-bond donors (Lipinski definition) is 0. The Morgan fingerprint density at radius 2 is 1.85 bits per heavy atom. The van der Waals surface area contributed by atoms with Gasteiger partial charge in [0, 0.05) is 11.2 Å². The maximum Gasteiger partial charge on any atom is 0.168 e. The summed E-state index contributed by atoms with van der Waals surface area (Å²) >= 11 is 3.38. The SMILES string of the molecule is COc1cccc(CC(CBr)c2ccccc2F)c1F. The smallest absolute Gasteiger partial charge is 0.168 e. The van der Waals surface area contributed by atoms with Gasteiger partial charge in [-0.15, -0.1) is 0 Å². The highest BCUT2D eigenvalue weighted by molar-refractivity contribution is 9.09. The van der Waals surface area contributed by atoms with Gasteiger partial charge in [-0.1, -0.05) is 46.3 Å². The third-order valence-corrected chi connectivity index (χ3v) is 4.04. The van der Waals surface area contributed by atoms with Crippen LogP contribution < -0.4 is 4.74 Å². The monoisotopic (exact) mass is 340 g/mol. The van der Waals surface area contributed by atoms with Crippen molar-refractivity contribution in [2.45, 2.75) is 12.3 Å². The Bertz CT molecular complexity index is 586. The molecule has 2 aromatic rings. The molecule has 106 valence electrons. The molecule has 0 heterocycles. The molecular formula is C16H15BrF2O. The lowest BCUT2D eigenvalue weighted by Gasteiger charge is -2.16. The summed E-state index contributed by atoms with van der Waals surface area (Å²) in [4.78, 5) is 0. The fourth-order valence-electron chi connectivity index (χ4n) is 2.19. The van der Waals surface area contributed by atoms with Crippen molar-refractivity contribution in [3.8, 4) is 5.75 Å². The molecule has 0 spiro atoms. The Morgan fingerprint density at radius 1 is 1.10 bits per heavy atom. The molecule has 0 fully saturated rings. The third-order valence-electron chi connectivity index (χ3n) is 3.26. The summed E-state index contributed by atoms with van der Waals surface area (Å²) in [5, 5.41) is 0.560. The Balaban J connectivity index is 2.30. The van der Waals surface area contributed by atoms with Crippen molar-refractivity contribution >= 4 is 15.9 Å². The molecular weight excluding hydrogens is 326 g/mol. The maximum absolute atomic E-state index is 14.2. The molecule has 4 heteroatoms. The van der Waals surface area contributed by atoms with Crippen LogP contribution in [0.15, 0.2) is 42.5 Å². The minimum Gasteiger partial charge on any atom is -0.494 e. The Hall–Kier alpha value is -1.42. The summed E-state index contributed by atoms with van der Waals surface area (Å²) in [6.45, 7) is 0. The molecule has 0 radical (unpaired) electrons. The highest BCUT2D eigenvalue weighted by Gasteiger charge is 2.18. The topological polar surface area (TPSA) is 9.23 Å². The summed E-state index contributed by atoms with van der Waals surface area (Å²) in [6.07, 6.45) is 0.412. The number of methoxy groups -OCH3 is 1. The van der Waals surface area contributed by atoms with E-state index in [1.54, 1.807) is 36.4 Å². The molecule has 20 heavy (non-hydrogen) atoms. The van der Waals surface area contributed by atoms with E-state index < -0.39 is 0 Å². The van der Waals surface area contributed by atoms with Gasteiger partial charge in [0.25, 0.3) is 0 Å². The van der Waals surface area contributed by atoms with Crippen molar-refractivity contribution < 1.29 is 13.5 Å². The van der Waals surface area contributed by atoms with Gasteiger partial charge in [-0.05, 0) is 29.7 Å². The van der Waals surface area contributed by atoms with E-state index in [4.69, 9.17) is 4.74 Å². The minimum absolute atomic E-state index is 0.127. The highest BCUT2D eigenvalue weighted by Crippen LogP contribution is 2.28. The number of ether oxygens (including phenoxy) is 1. The third kappa shape index (κ3) is 3.18. The molecule has 2 rings (SSSR count). The predicted octanol–water partition coefficient (Wildman–Crippen LogP) is 4.69. The average Bonchev–Trinajstić information content (AvgIpc) is 2.47. The van der Waals surface area contributed by atoms with E-state index in [-0.39, 0.29) is 23.3 Å². The number of halogens is 3. The standard InChI is InChI=1S/C16H15BrF2O/c1-20-15-8-4-5-11(16(15)19)9-12(10-17)13-6-2-3-7-14(13)18/h2-8,12H,9-10H2,1H3. The van der Waals surface area contributed by atoms with Crippen molar-refractivity contribution in [1.82, 2.24) is 0 Å². The van der Waals surface area contributed by atoms with Crippen molar-refractivity contribution in [3.05, 3.63) is 65.2 Å². The number of alkyl halides is 1. The molecule has 0 aliphatic rings. The van der Waals surface area contributed by atoms with Crippen LogP contribution in [-0.4, -0.2) is 12.4 Å². The number of benzene rings is 2. The first-order valence-electron chi connectivity index (χ1n) is 6.29. The first kappa shape index (κ1) is 15.0. The van der Waals surface area contributed by atoms with Crippen molar-refractivity contribution in [3.63, 3.8) is 0 Å². The van der Waals surface area contributed by atoms with Gasteiger partial charge in [0.15, 0.2) is 11.6 Å². The highest BCUT2D eigenvalue weighted by atomic mass is 79.9. The molecule has 1 unspecified atom stereocenters. The van der Waals surface area contributed by atoms with Gasteiger partial charge >= 0.3 is 0 Å². The van der Waals surface area contributed by atoms with Crippen LogP contribution in [0.4, 0.5) is 8.78 Å². The first-order valence-corrected chi connectivity index (χ1v) is 7.41. The van der Waals surface area contributed by atoms with E-state index in [1.165, 1.54) is 13.2 Å². The quantitative estimate of drug-likeness (QED) is 0.717. The number of rotatable bonds is 5. The Morgan fingerprint density at radius 3 is 2.50 bits per heavy atom. The molecule has 0 N–H and O–H groups in total. The van der Waals surface area contributed by atoms with Gasteiger partial charge in [0.05, 0.1) is 7.11 Å². The summed E-state index contributed by atoms with van der Waals surface area (Å²) in [6, 6.07) is 11.6. The zero-order valence-corrected chi connectivity index (χ0v) is 12.7. The van der Waals surface area contributed by atoms with Crippen LogP contribution in [-0.2, 0) is 6.42 Å². The van der Waals surface area contributed by atoms with E-state index in [1.807, 2.05) is 0 Å². The fraction of sp³-hybridized carbons (Fsp3) is 0.250. The van der Waals surface area contributed by atoms with Gasteiger partial charge in [0.1, 0.15) is 5.82 Å². The van der Waals surface area contributed by atoms with Gasteiger partial charge in [-0.25, -0.2) is 8.78 Å². The molecule has 0 saturated carbocycles. The zero-order chi connectivity index (χ0) is 14.5.